The quantitative estimate of drug-likeness (QED) is 0.349. The van der Waals surface area contributed by atoms with Gasteiger partial charge in [-0.05, 0) is 29.8 Å². The van der Waals surface area contributed by atoms with Crippen LogP contribution in [0.1, 0.15) is 5.56 Å². The van der Waals surface area contributed by atoms with Crippen molar-refractivity contribution in [1.29, 1.82) is 0 Å². The number of urea groups is 1. The molecule has 0 saturated carbocycles. The first-order chi connectivity index (χ1) is 19.3. The summed E-state index contributed by atoms with van der Waals surface area (Å²) in [6.07, 6.45) is 5.28. The van der Waals surface area contributed by atoms with Gasteiger partial charge in [-0.25, -0.2) is 22.9 Å². The molecule has 4 aromatic heterocycles. The molecule has 13 heteroatoms. The highest BCUT2D eigenvalue weighted by atomic mass is 19.3. The number of carbonyl (C=O) groups is 1. The number of ether oxygens (including phenoxy) is 1. The van der Waals surface area contributed by atoms with Gasteiger partial charge in [-0.1, -0.05) is 6.07 Å². The van der Waals surface area contributed by atoms with Crippen molar-refractivity contribution in [2.75, 3.05) is 32.8 Å². The Morgan fingerprint density at radius 1 is 1.10 bits per heavy atom. The first-order valence-electron chi connectivity index (χ1n) is 12.8. The summed E-state index contributed by atoms with van der Waals surface area (Å²) in [4.78, 5) is 33.4. The number of fused-ring (bicyclic) bond motifs is 1. The van der Waals surface area contributed by atoms with Gasteiger partial charge in [0.05, 0.1) is 41.8 Å². The van der Waals surface area contributed by atoms with Gasteiger partial charge in [0.2, 0.25) is 0 Å². The number of benzene rings is 1. The maximum absolute atomic E-state index is 15.0. The van der Waals surface area contributed by atoms with Crippen LogP contribution in [0.4, 0.5) is 18.0 Å². The zero-order chi connectivity index (χ0) is 27.6. The average molecular weight is 552 g/mol. The fraction of sp³-hybridized carbons (Fsp3) is 0.296. The molecule has 6 heterocycles. The maximum Gasteiger partial charge on any atom is 0.320 e. The number of nitrogens with zero attached hydrogens (tertiary/aromatic N) is 5. The molecule has 40 heavy (non-hydrogen) atoms. The summed E-state index contributed by atoms with van der Waals surface area (Å²) in [5.41, 5.74) is 3.57. The normalized spacial score (nSPS) is 17.4. The molecule has 2 N–H and O–H groups in total. The minimum atomic E-state index is -3.15. The van der Waals surface area contributed by atoms with Gasteiger partial charge in [0.25, 0.3) is 11.5 Å². The number of hydrogen-bond acceptors (Lipinski definition) is 4. The van der Waals surface area contributed by atoms with Crippen molar-refractivity contribution in [2.45, 2.75) is 19.0 Å². The molecule has 0 aliphatic carbocycles. The molecule has 0 unspecified atom stereocenters. The van der Waals surface area contributed by atoms with E-state index in [1.54, 1.807) is 12.4 Å². The van der Waals surface area contributed by atoms with Crippen LogP contribution < -0.4 is 5.56 Å². The zero-order valence-electron chi connectivity index (χ0n) is 21.2. The van der Waals surface area contributed by atoms with Crippen LogP contribution in [0.15, 0.2) is 53.7 Å². The Morgan fingerprint density at radius 3 is 2.85 bits per heavy atom. The number of alkyl halides is 2. The van der Waals surface area contributed by atoms with Crippen LogP contribution in [-0.4, -0.2) is 78.8 Å². The van der Waals surface area contributed by atoms with Crippen molar-refractivity contribution in [3.8, 4) is 22.5 Å². The molecule has 7 rings (SSSR count). The lowest BCUT2D eigenvalue weighted by Gasteiger charge is -2.30. The van der Waals surface area contributed by atoms with Crippen LogP contribution in [0, 0.1) is 5.82 Å². The zero-order valence-corrected chi connectivity index (χ0v) is 21.2. The van der Waals surface area contributed by atoms with E-state index in [4.69, 9.17) is 4.74 Å². The lowest BCUT2D eigenvalue weighted by atomic mass is 10.0. The monoisotopic (exact) mass is 551 g/mol. The SMILES string of the molecule is O=C(N1CCn2cc(-c3c(-c4cnc5ccccn45)[nH][nH]c3=O)c3cc(F)cc(c32)C1)N1CCOCC(F)(F)C1. The molecule has 1 fully saturated rings. The van der Waals surface area contributed by atoms with Crippen molar-refractivity contribution >= 4 is 22.6 Å². The third-order valence-corrected chi connectivity index (χ3v) is 7.49. The van der Waals surface area contributed by atoms with Gasteiger partial charge in [-0.15, -0.1) is 0 Å². The number of nitrogens with one attached hydrogen (secondary N) is 2. The summed E-state index contributed by atoms with van der Waals surface area (Å²) in [5.74, 6) is -3.68. The van der Waals surface area contributed by atoms with Crippen LogP contribution in [0.5, 0.6) is 0 Å². The molecule has 0 radical (unpaired) electrons. The number of aromatic nitrogens is 5. The number of carbonyl (C=O) groups excluding carboxylic acids is 1. The number of pyridine rings is 1. The molecule has 1 saturated heterocycles. The minimum Gasteiger partial charge on any atom is -0.373 e. The summed E-state index contributed by atoms with van der Waals surface area (Å²) in [7, 11) is 0. The van der Waals surface area contributed by atoms with Gasteiger partial charge in [0.15, 0.2) is 0 Å². The van der Waals surface area contributed by atoms with E-state index in [0.717, 1.165) is 4.90 Å². The van der Waals surface area contributed by atoms with Crippen molar-refractivity contribution < 1.29 is 22.7 Å². The second kappa shape index (κ2) is 9.01. The number of imidazole rings is 1. The molecule has 5 aromatic rings. The predicted octanol–water partition coefficient (Wildman–Crippen LogP) is 3.68. The van der Waals surface area contributed by atoms with E-state index in [1.165, 1.54) is 17.0 Å². The molecule has 0 atom stereocenters. The van der Waals surface area contributed by atoms with E-state index in [0.29, 0.717) is 51.2 Å². The lowest BCUT2D eigenvalue weighted by Crippen LogP contribution is -2.48. The third-order valence-electron chi connectivity index (χ3n) is 7.49. The maximum atomic E-state index is 15.0. The fourth-order valence-corrected chi connectivity index (χ4v) is 5.75. The van der Waals surface area contributed by atoms with Crippen LogP contribution in [0.3, 0.4) is 0 Å². The van der Waals surface area contributed by atoms with Gasteiger partial charge in [0, 0.05) is 49.5 Å². The molecular weight excluding hydrogens is 527 g/mol. The average Bonchev–Trinajstić information content (AvgIpc) is 3.54. The van der Waals surface area contributed by atoms with Gasteiger partial charge in [-0.3, -0.25) is 19.4 Å². The predicted molar refractivity (Wildman–Crippen MR) is 140 cm³/mol. The number of hydrogen-bond donors (Lipinski definition) is 2. The summed E-state index contributed by atoms with van der Waals surface area (Å²) in [5, 5.41) is 6.12. The summed E-state index contributed by atoms with van der Waals surface area (Å²) < 4.78 is 52.0. The summed E-state index contributed by atoms with van der Waals surface area (Å²) >= 11 is 0. The van der Waals surface area contributed by atoms with Crippen LogP contribution in [0.2, 0.25) is 0 Å². The molecule has 0 bridgehead atoms. The Hall–Kier alpha value is -4.52. The first-order valence-corrected chi connectivity index (χ1v) is 12.8. The smallest absolute Gasteiger partial charge is 0.320 e. The molecule has 10 nitrogen and oxygen atoms in total. The van der Waals surface area contributed by atoms with Crippen LogP contribution in [0.25, 0.3) is 39.1 Å². The van der Waals surface area contributed by atoms with E-state index in [1.807, 2.05) is 33.4 Å². The topological polar surface area (TPSA) is 104 Å². The van der Waals surface area contributed by atoms with Crippen molar-refractivity contribution in [3.63, 3.8) is 0 Å². The van der Waals surface area contributed by atoms with E-state index in [2.05, 4.69) is 15.2 Å². The van der Waals surface area contributed by atoms with Gasteiger partial charge < -0.3 is 19.1 Å². The van der Waals surface area contributed by atoms with Crippen molar-refractivity contribution in [1.82, 2.24) is 33.9 Å². The summed E-state index contributed by atoms with van der Waals surface area (Å²) in [6, 6.07) is 7.74. The highest BCUT2D eigenvalue weighted by Crippen LogP contribution is 2.37. The van der Waals surface area contributed by atoms with E-state index in [9.17, 15) is 18.4 Å². The van der Waals surface area contributed by atoms with E-state index >= 15 is 4.39 Å². The Labute approximate surface area is 224 Å². The Bertz CT molecular complexity index is 1840. The number of aromatic amines is 2. The summed E-state index contributed by atoms with van der Waals surface area (Å²) in [6.45, 7) is -0.835. The van der Waals surface area contributed by atoms with Crippen LogP contribution >= 0.6 is 0 Å². The van der Waals surface area contributed by atoms with Crippen LogP contribution in [-0.2, 0) is 17.8 Å². The first kappa shape index (κ1) is 24.5. The third kappa shape index (κ3) is 3.96. The Kier molecular flexibility index (Phi) is 5.52. The molecule has 206 valence electrons. The highest BCUT2D eigenvalue weighted by Gasteiger charge is 2.38. The van der Waals surface area contributed by atoms with E-state index in [-0.39, 0.29) is 31.8 Å². The highest BCUT2D eigenvalue weighted by molar-refractivity contribution is 6.00. The molecule has 0 spiro atoms. The largest absolute Gasteiger partial charge is 0.373 e. The molecule has 2 amide bonds. The second-order valence-corrected chi connectivity index (χ2v) is 10.1. The van der Waals surface area contributed by atoms with Crippen molar-refractivity contribution in [2.24, 2.45) is 0 Å². The van der Waals surface area contributed by atoms with Gasteiger partial charge in [-0.2, -0.15) is 0 Å². The number of rotatable bonds is 2. The molecule has 2 aliphatic rings. The number of halogens is 3. The minimum absolute atomic E-state index is 0.0166. The Balaban J connectivity index is 1.30. The van der Waals surface area contributed by atoms with Gasteiger partial charge >= 0.3 is 6.03 Å². The molecule has 2 aliphatic heterocycles. The molecular formula is C27H24F3N7O3. The van der Waals surface area contributed by atoms with E-state index < -0.39 is 30.9 Å². The standard InChI is InChI=1S/C27H24F3N7O3/c28-17-9-16-12-35(26(39)36-7-8-40-15-27(29,30)14-36)6-5-34-13-19(18(10-17)24(16)34)22-23(32-33-25(22)38)20-11-31-21-3-1-2-4-37(20)21/h1-4,9-11,13H,5-8,12,14-15H2,(H2,32,33,38). The Morgan fingerprint density at radius 2 is 1.98 bits per heavy atom. The van der Waals surface area contributed by atoms with Crippen molar-refractivity contribution in [3.05, 3.63) is 70.7 Å². The second-order valence-electron chi connectivity index (χ2n) is 10.1. The lowest BCUT2D eigenvalue weighted by molar-refractivity contribution is -0.0660. The molecule has 1 aromatic carbocycles. The number of H-pyrrole nitrogens is 2. The van der Waals surface area contributed by atoms with Gasteiger partial charge in [0.1, 0.15) is 18.1 Å². The fourth-order valence-electron chi connectivity index (χ4n) is 5.75. The number of amides is 2.